The van der Waals surface area contributed by atoms with Gasteiger partial charge in [-0.3, -0.25) is 0 Å². The van der Waals surface area contributed by atoms with Gasteiger partial charge in [-0.1, -0.05) is 133 Å². The summed E-state index contributed by atoms with van der Waals surface area (Å²) < 4.78 is 12.8. The number of nitrogens with zero attached hydrogens (tertiary/aromatic N) is 2. The van der Waals surface area contributed by atoms with Crippen LogP contribution in [0.2, 0.25) is 0 Å². The molecule has 4 heteroatoms. The van der Waals surface area contributed by atoms with Gasteiger partial charge in [0.1, 0.15) is 16.7 Å². The summed E-state index contributed by atoms with van der Waals surface area (Å²) in [6.07, 6.45) is 0. The summed E-state index contributed by atoms with van der Waals surface area (Å²) in [5.41, 5.74) is 12.1. The summed E-state index contributed by atoms with van der Waals surface area (Å²) in [6, 6.07) is 68.1. The van der Waals surface area contributed by atoms with Gasteiger partial charge in [0.05, 0.1) is 5.69 Å². The van der Waals surface area contributed by atoms with Crippen LogP contribution in [0.3, 0.4) is 0 Å². The van der Waals surface area contributed by atoms with Crippen molar-refractivity contribution in [1.82, 2.24) is 4.98 Å². The molecule has 0 fully saturated rings. The van der Waals surface area contributed by atoms with Gasteiger partial charge < -0.3 is 13.7 Å². The predicted molar refractivity (Wildman–Crippen MR) is 227 cm³/mol. The monoisotopic (exact) mass is 704 g/mol. The van der Waals surface area contributed by atoms with E-state index in [2.05, 4.69) is 150 Å². The number of hydrogen-bond acceptors (Lipinski definition) is 4. The third-order valence-corrected chi connectivity index (χ3v) is 10.7. The molecule has 2 aromatic heterocycles. The molecule has 0 amide bonds. The summed E-state index contributed by atoms with van der Waals surface area (Å²) in [7, 11) is 0. The normalized spacial score (nSPS) is 11.6. The average Bonchev–Trinajstić information content (AvgIpc) is 3.87. The van der Waals surface area contributed by atoms with Crippen LogP contribution in [0.25, 0.3) is 88.3 Å². The van der Waals surface area contributed by atoms with Crippen LogP contribution >= 0.6 is 0 Å². The Hall–Kier alpha value is -7.43. The number of fused-ring (bicyclic) bond motifs is 8. The van der Waals surface area contributed by atoms with Crippen LogP contribution in [0.1, 0.15) is 0 Å². The molecule has 0 aliphatic carbocycles. The molecule has 0 N–H and O–H groups in total. The largest absolute Gasteiger partial charge is 0.456 e. The van der Waals surface area contributed by atoms with Crippen molar-refractivity contribution >= 4 is 71.6 Å². The minimum absolute atomic E-state index is 0.619. The molecule has 11 aromatic rings. The van der Waals surface area contributed by atoms with Crippen molar-refractivity contribution in [3.63, 3.8) is 0 Å². The Morgan fingerprint density at radius 3 is 1.89 bits per heavy atom. The standard InChI is InChI=1S/C51H32N2O2/c1-3-12-33(13-4-1)40-16-7-9-19-45(40)53(38-28-24-34(25-29-38)41-18-11-21-47-49(41)42-17-8-10-20-46(42)54-47)39-30-26-35-22-23-36-27-31-44-50(48(36)43(35)32-39)55-51(52-44)37-14-5-2-6-15-37/h1-32H. The second kappa shape index (κ2) is 12.6. The lowest BCUT2D eigenvalue weighted by atomic mass is 9.97. The molecule has 0 aliphatic heterocycles. The van der Waals surface area contributed by atoms with E-state index in [9.17, 15) is 0 Å². The topological polar surface area (TPSA) is 42.4 Å². The highest BCUT2D eigenvalue weighted by molar-refractivity contribution is 6.19. The first-order chi connectivity index (χ1) is 27.3. The van der Waals surface area contributed by atoms with Gasteiger partial charge in [0.25, 0.3) is 0 Å². The van der Waals surface area contributed by atoms with E-state index in [1.165, 1.54) is 0 Å². The van der Waals surface area contributed by atoms with Gasteiger partial charge >= 0.3 is 0 Å². The number of anilines is 3. The maximum atomic E-state index is 6.60. The first-order valence-electron chi connectivity index (χ1n) is 18.5. The second-order valence-corrected chi connectivity index (χ2v) is 13.9. The Balaban J connectivity index is 1.12. The Kier molecular flexibility index (Phi) is 7.14. The fraction of sp³-hybridized carbons (Fsp3) is 0. The molecule has 4 nitrogen and oxygen atoms in total. The molecule has 0 atom stereocenters. The molecule has 0 radical (unpaired) electrons. The molecule has 2 heterocycles. The predicted octanol–water partition coefficient (Wildman–Crippen LogP) is 14.5. The van der Waals surface area contributed by atoms with Crippen LogP contribution < -0.4 is 4.90 Å². The Morgan fingerprint density at radius 2 is 1.04 bits per heavy atom. The van der Waals surface area contributed by atoms with E-state index in [0.29, 0.717) is 5.89 Å². The molecule has 0 spiro atoms. The van der Waals surface area contributed by atoms with Crippen LogP contribution in [-0.4, -0.2) is 4.98 Å². The average molecular weight is 705 g/mol. The van der Waals surface area contributed by atoms with Crippen LogP contribution in [0.4, 0.5) is 17.1 Å². The Labute approximate surface area is 317 Å². The Morgan fingerprint density at radius 1 is 0.400 bits per heavy atom. The van der Waals surface area contributed by atoms with E-state index in [-0.39, 0.29) is 0 Å². The molecule has 9 aromatic carbocycles. The van der Waals surface area contributed by atoms with Gasteiger partial charge in [-0.2, -0.15) is 0 Å². The maximum Gasteiger partial charge on any atom is 0.227 e. The van der Waals surface area contributed by atoms with Crippen molar-refractivity contribution in [3.05, 3.63) is 194 Å². The third kappa shape index (κ3) is 5.19. The molecule has 0 saturated carbocycles. The quantitative estimate of drug-likeness (QED) is 0.162. The molecule has 258 valence electrons. The molecule has 0 unspecified atom stereocenters. The van der Waals surface area contributed by atoms with Crippen molar-refractivity contribution in [3.8, 4) is 33.7 Å². The zero-order chi connectivity index (χ0) is 36.3. The minimum Gasteiger partial charge on any atom is -0.456 e. The van der Waals surface area contributed by atoms with Crippen molar-refractivity contribution in [2.24, 2.45) is 0 Å². The van der Waals surface area contributed by atoms with Crippen LogP contribution in [0, 0.1) is 0 Å². The van der Waals surface area contributed by atoms with Gasteiger partial charge in [0, 0.05) is 38.7 Å². The van der Waals surface area contributed by atoms with Crippen LogP contribution in [0.15, 0.2) is 203 Å². The molecule has 0 aliphatic rings. The number of oxazole rings is 1. The van der Waals surface area contributed by atoms with Gasteiger partial charge in [-0.05, 0) is 93.5 Å². The number of rotatable bonds is 6. The van der Waals surface area contributed by atoms with E-state index in [1.54, 1.807) is 0 Å². The molecule has 0 saturated heterocycles. The highest BCUT2D eigenvalue weighted by Crippen LogP contribution is 2.44. The lowest BCUT2D eigenvalue weighted by Crippen LogP contribution is -2.11. The summed E-state index contributed by atoms with van der Waals surface area (Å²) in [5.74, 6) is 0.619. The summed E-state index contributed by atoms with van der Waals surface area (Å²) in [4.78, 5) is 7.29. The lowest BCUT2D eigenvalue weighted by Gasteiger charge is -2.28. The lowest BCUT2D eigenvalue weighted by molar-refractivity contribution is 0.623. The Bertz CT molecular complexity index is 3200. The second-order valence-electron chi connectivity index (χ2n) is 13.9. The molecule has 0 bridgehead atoms. The SMILES string of the molecule is c1ccc(-c2nc3ccc4ccc5ccc(N(c6ccc(-c7cccc8oc9ccccc9c78)cc6)c6ccccc6-c6ccccc6)cc5c4c3o2)cc1. The first kappa shape index (κ1) is 31.1. The molecule has 55 heavy (non-hydrogen) atoms. The summed E-state index contributed by atoms with van der Waals surface area (Å²) in [5, 5.41) is 6.65. The number of para-hydroxylation sites is 2. The number of furan rings is 1. The number of hydrogen-bond donors (Lipinski definition) is 0. The highest BCUT2D eigenvalue weighted by Gasteiger charge is 2.20. The highest BCUT2D eigenvalue weighted by atomic mass is 16.3. The van der Waals surface area contributed by atoms with Crippen molar-refractivity contribution in [2.75, 3.05) is 4.90 Å². The fourth-order valence-electron chi connectivity index (χ4n) is 8.12. The molecular formula is C51H32N2O2. The van der Waals surface area contributed by atoms with Gasteiger partial charge in [0.15, 0.2) is 5.58 Å². The van der Waals surface area contributed by atoms with Crippen LogP contribution in [-0.2, 0) is 0 Å². The van der Waals surface area contributed by atoms with Gasteiger partial charge in [-0.15, -0.1) is 0 Å². The van der Waals surface area contributed by atoms with Crippen molar-refractivity contribution in [2.45, 2.75) is 0 Å². The minimum atomic E-state index is 0.619. The van der Waals surface area contributed by atoms with Gasteiger partial charge in [-0.25, -0.2) is 4.98 Å². The maximum absolute atomic E-state index is 6.60. The van der Waals surface area contributed by atoms with Crippen molar-refractivity contribution < 1.29 is 8.83 Å². The fourth-order valence-corrected chi connectivity index (χ4v) is 8.12. The third-order valence-electron chi connectivity index (χ3n) is 10.7. The van der Waals surface area contributed by atoms with Crippen molar-refractivity contribution in [1.29, 1.82) is 0 Å². The smallest absolute Gasteiger partial charge is 0.227 e. The van der Waals surface area contributed by atoms with E-state index in [4.69, 9.17) is 13.8 Å². The van der Waals surface area contributed by atoms with E-state index in [1.807, 2.05) is 48.5 Å². The first-order valence-corrected chi connectivity index (χ1v) is 18.5. The number of benzene rings is 9. The number of aromatic nitrogens is 1. The van der Waals surface area contributed by atoms with E-state index >= 15 is 0 Å². The summed E-state index contributed by atoms with van der Waals surface area (Å²) >= 11 is 0. The molecular weight excluding hydrogens is 673 g/mol. The zero-order valence-electron chi connectivity index (χ0n) is 29.7. The summed E-state index contributed by atoms with van der Waals surface area (Å²) in [6.45, 7) is 0. The van der Waals surface area contributed by atoms with E-state index < -0.39 is 0 Å². The van der Waals surface area contributed by atoms with Gasteiger partial charge in [0.2, 0.25) is 5.89 Å². The molecule has 11 rings (SSSR count). The van der Waals surface area contributed by atoms with E-state index in [0.717, 1.165) is 99.5 Å². The zero-order valence-corrected chi connectivity index (χ0v) is 29.7. The van der Waals surface area contributed by atoms with Crippen LogP contribution in [0.5, 0.6) is 0 Å².